The van der Waals surface area contributed by atoms with Gasteiger partial charge in [-0.05, 0) is 47.6 Å². The fourth-order valence-electron chi connectivity index (χ4n) is 4.24. The number of hydrogen-bond donors (Lipinski definition) is 5. The van der Waals surface area contributed by atoms with Crippen LogP contribution in [0.1, 0.15) is 32.4 Å². The smallest absolute Gasteiger partial charge is 0.346 e. The van der Waals surface area contributed by atoms with E-state index in [1.54, 1.807) is 22.6 Å². The molecule has 0 amide bonds. The Balaban J connectivity index is 1.43. The van der Waals surface area contributed by atoms with Crippen molar-refractivity contribution in [1.82, 2.24) is 9.55 Å². The van der Waals surface area contributed by atoms with Crippen molar-refractivity contribution >= 4 is 59.0 Å². The number of phosphoric acid groups is 3. The first-order valence-corrected chi connectivity index (χ1v) is 19.7. The molecule has 4 rings (SSSR count). The molecule has 246 valence electrons. The molecular weight excluding hydrogens is 791 g/mol. The molecule has 0 saturated carbocycles. The van der Waals surface area contributed by atoms with Crippen LogP contribution in [0.3, 0.4) is 0 Å². The molecule has 0 spiro atoms. The number of aromatic nitrogens is 2. The minimum absolute atomic E-state index is 0.144. The van der Waals surface area contributed by atoms with Gasteiger partial charge in [-0.3, -0.25) is 23.4 Å². The van der Waals surface area contributed by atoms with Crippen LogP contribution in [0.4, 0.5) is 0 Å². The number of phosphoric ester groups is 1. The van der Waals surface area contributed by atoms with Gasteiger partial charge in [0.2, 0.25) is 0 Å². The number of benzene rings is 1. The fraction of sp³-hybridized carbons (Fsp3) is 0.500. The van der Waals surface area contributed by atoms with Crippen LogP contribution in [0.5, 0.6) is 0 Å². The number of ether oxygens (including phenoxy) is 3. The van der Waals surface area contributed by atoms with Crippen molar-refractivity contribution in [3.63, 3.8) is 0 Å². The molecule has 9 atom stereocenters. The number of halogens is 1. The molecule has 2 aromatic rings. The molecule has 5 N–H and O–H groups in total. The second-order valence-corrected chi connectivity index (χ2v) is 17.0. The first kappa shape index (κ1) is 36.0. The number of H-pyrrole nitrogens is 1. The predicted octanol–water partition coefficient (Wildman–Crippen LogP) is 2.22. The average Bonchev–Trinajstić information content (AvgIpc) is 3.43. The highest BCUT2D eigenvalue weighted by Gasteiger charge is 2.54. The van der Waals surface area contributed by atoms with Crippen LogP contribution in [-0.2, 0) is 49.9 Å². The largest absolute Gasteiger partial charge is 0.490 e. The summed E-state index contributed by atoms with van der Waals surface area (Å²) in [5.41, 5.74) is -1.52. The molecule has 0 bridgehead atoms. The molecular formula is C20H27IN2O17P4. The van der Waals surface area contributed by atoms with E-state index in [0.717, 1.165) is 35.7 Å². The maximum Gasteiger partial charge on any atom is 0.490 e. The second-order valence-electron chi connectivity index (χ2n) is 9.27. The van der Waals surface area contributed by atoms with Gasteiger partial charge in [0.05, 0.1) is 11.9 Å². The Morgan fingerprint density at radius 3 is 2.20 bits per heavy atom. The SMILES string of the molecule is CCCCC1OC2C(COP(=O)(O)OP(=O)(O)OP(=O)(O)OP(=O)(O)c3ccccc3I)OC(n3ccc(=O)[nH]c3=O)C2O1. The minimum atomic E-state index is -5.99. The zero-order valence-electron chi connectivity index (χ0n) is 22.4. The van der Waals surface area contributed by atoms with Crippen LogP contribution in [-0.4, -0.2) is 60.3 Å². The Bertz CT molecular complexity index is 1670. The summed E-state index contributed by atoms with van der Waals surface area (Å²) in [7, 11) is -22.6. The van der Waals surface area contributed by atoms with E-state index in [1.165, 1.54) is 18.2 Å². The van der Waals surface area contributed by atoms with E-state index in [4.69, 9.17) is 18.7 Å². The van der Waals surface area contributed by atoms with E-state index in [0.29, 0.717) is 6.42 Å². The van der Waals surface area contributed by atoms with Crippen LogP contribution in [0.2, 0.25) is 0 Å². The summed E-state index contributed by atoms with van der Waals surface area (Å²) < 4.78 is 85.2. The van der Waals surface area contributed by atoms with Crippen LogP contribution < -0.4 is 16.6 Å². The van der Waals surface area contributed by atoms with Gasteiger partial charge in [-0.25, -0.2) is 22.8 Å². The summed E-state index contributed by atoms with van der Waals surface area (Å²) in [6, 6.07) is 6.33. The first-order chi connectivity index (χ1) is 20.4. The van der Waals surface area contributed by atoms with Crippen LogP contribution in [0, 0.1) is 3.57 Å². The lowest BCUT2D eigenvalue weighted by molar-refractivity contribution is -0.153. The lowest BCUT2D eigenvalue weighted by atomic mass is 10.1. The summed E-state index contributed by atoms with van der Waals surface area (Å²) in [4.78, 5) is 65.9. The van der Waals surface area contributed by atoms with Gasteiger partial charge in [0.25, 0.3) is 5.56 Å². The number of nitrogens with one attached hydrogen (secondary N) is 1. The quantitative estimate of drug-likeness (QED) is 0.135. The third-order valence-corrected chi connectivity index (χ3v) is 13.9. The molecule has 2 aliphatic rings. The molecule has 0 aliphatic carbocycles. The number of unbranched alkanes of at least 4 members (excludes halogenated alkanes) is 1. The Labute approximate surface area is 261 Å². The Morgan fingerprint density at radius 1 is 0.909 bits per heavy atom. The molecule has 2 fully saturated rings. The molecule has 44 heavy (non-hydrogen) atoms. The summed E-state index contributed by atoms with van der Waals surface area (Å²) in [6.45, 7) is 1.08. The average molecular weight is 818 g/mol. The molecule has 0 radical (unpaired) electrons. The lowest BCUT2D eigenvalue weighted by Gasteiger charge is -2.22. The Hall–Kier alpha value is -0.890. The van der Waals surface area contributed by atoms with E-state index in [-0.39, 0.29) is 3.57 Å². The minimum Gasteiger partial charge on any atom is -0.346 e. The maximum absolute atomic E-state index is 12.5. The van der Waals surface area contributed by atoms with E-state index in [2.05, 4.69) is 17.9 Å². The van der Waals surface area contributed by atoms with Crippen molar-refractivity contribution in [2.45, 2.75) is 57.0 Å². The monoisotopic (exact) mass is 818 g/mol. The van der Waals surface area contributed by atoms with Crippen molar-refractivity contribution in [2.24, 2.45) is 0 Å². The van der Waals surface area contributed by atoms with Crippen molar-refractivity contribution in [1.29, 1.82) is 0 Å². The lowest BCUT2D eigenvalue weighted by Crippen LogP contribution is -2.36. The standard InChI is InChI=1S/C20H27IN2O17P4/c1-2-3-8-16-36-17-13(35-19(18(17)37-16)23-10-9-15(24)22-20(23)25)11-34-42(28,29)39-44(32,33)40-43(30,31)38-41(26,27)14-7-5-4-6-12(14)21/h4-7,9-10,13,16-19H,2-3,8,11H2,1H3,(H,26,27)(H,28,29)(H,30,31)(H,32,33)(H,22,24,25). The van der Waals surface area contributed by atoms with Crippen molar-refractivity contribution in [3.05, 3.63) is 60.9 Å². The maximum atomic E-state index is 12.5. The number of nitrogens with zero attached hydrogens (tertiary/aromatic N) is 1. The van der Waals surface area contributed by atoms with Gasteiger partial charge < -0.3 is 33.8 Å². The highest BCUT2D eigenvalue weighted by atomic mass is 127. The fourth-order valence-corrected chi connectivity index (χ4v) is 11.0. The number of aromatic amines is 1. The molecule has 1 aromatic heterocycles. The molecule has 19 nitrogen and oxygen atoms in total. The third kappa shape index (κ3) is 9.13. The molecule has 2 saturated heterocycles. The van der Waals surface area contributed by atoms with Gasteiger partial charge in [-0.1, -0.05) is 25.5 Å². The van der Waals surface area contributed by atoms with Crippen molar-refractivity contribution in [2.75, 3.05) is 6.61 Å². The number of hydrogen-bond acceptors (Lipinski definition) is 13. The zero-order valence-corrected chi connectivity index (χ0v) is 28.1. The normalized spacial score (nSPS) is 28.8. The third-order valence-electron chi connectivity index (χ3n) is 6.01. The molecule has 24 heteroatoms. The van der Waals surface area contributed by atoms with E-state index in [1.807, 2.05) is 6.92 Å². The first-order valence-electron chi connectivity index (χ1n) is 12.5. The van der Waals surface area contributed by atoms with E-state index < -0.39 is 85.1 Å². The summed E-state index contributed by atoms with van der Waals surface area (Å²) >= 11 is 1.63. The van der Waals surface area contributed by atoms with Gasteiger partial charge in [-0.2, -0.15) is 8.62 Å². The van der Waals surface area contributed by atoms with Crippen molar-refractivity contribution < 1.29 is 69.5 Å². The Kier molecular flexibility index (Phi) is 11.5. The van der Waals surface area contributed by atoms with E-state index in [9.17, 15) is 47.4 Å². The second kappa shape index (κ2) is 14.1. The van der Waals surface area contributed by atoms with Crippen LogP contribution in [0.25, 0.3) is 0 Å². The molecule has 1 aromatic carbocycles. The highest BCUT2D eigenvalue weighted by Crippen LogP contribution is 2.71. The zero-order chi connectivity index (χ0) is 32.5. The molecule has 9 unspecified atom stereocenters. The molecule has 3 heterocycles. The van der Waals surface area contributed by atoms with E-state index >= 15 is 0 Å². The van der Waals surface area contributed by atoms with Crippen LogP contribution in [0.15, 0.2) is 46.1 Å². The van der Waals surface area contributed by atoms with Gasteiger partial charge in [0.1, 0.15) is 18.3 Å². The Morgan fingerprint density at radius 2 is 1.55 bits per heavy atom. The van der Waals surface area contributed by atoms with Gasteiger partial charge in [0.15, 0.2) is 12.5 Å². The summed E-state index contributed by atoms with van der Waals surface area (Å²) in [5, 5.41) is -0.435. The van der Waals surface area contributed by atoms with Gasteiger partial charge in [-0.15, -0.1) is 0 Å². The highest BCUT2D eigenvalue weighted by molar-refractivity contribution is 14.1. The number of fused-ring (bicyclic) bond motifs is 1. The summed E-state index contributed by atoms with van der Waals surface area (Å²) in [6.07, 6.45) is -1.95. The number of rotatable bonds is 14. The summed E-state index contributed by atoms with van der Waals surface area (Å²) in [5.74, 6) is 0. The van der Waals surface area contributed by atoms with Gasteiger partial charge in [0, 0.05) is 15.8 Å². The van der Waals surface area contributed by atoms with Crippen molar-refractivity contribution in [3.8, 4) is 0 Å². The van der Waals surface area contributed by atoms with Gasteiger partial charge >= 0.3 is 36.8 Å². The van der Waals surface area contributed by atoms with Crippen LogP contribution >= 0.6 is 53.7 Å². The molecule has 2 aliphatic heterocycles. The topological polar surface area (TPSA) is 269 Å². The predicted molar refractivity (Wildman–Crippen MR) is 156 cm³/mol.